The third-order valence-electron chi connectivity index (χ3n) is 5.83. The summed E-state index contributed by atoms with van der Waals surface area (Å²) in [6.07, 6.45) is -12.0. The molecular weight excluding hydrogens is 470 g/mol. The number of esters is 2. The Morgan fingerprint density at radius 2 is 1.12 bits per heavy atom. The minimum atomic E-state index is -4.76. The lowest BCUT2D eigenvalue weighted by molar-refractivity contribution is -0.263. The smallest absolute Gasteiger partial charge is 0.425 e. The number of alkyl halides is 6. The first kappa shape index (κ1) is 34.6. The molecule has 5 nitrogen and oxygen atoms in total. The van der Waals surface area contributed by atoms with Crippen LogP contribution in [0, 0.1) is 16.7 Å². The van der Waals surface area contributed by atoms with Gasteiger partial charge in [-0.3, -0.25) is 9.59 Å². The van der Waals surface area contributed by atoms with E-state index >= 15 is 0 Å². The van der Waals surface area contributed by atoms with E-state index in [4.69, 9.17) is 4.74 Å². The van der Waals surface area contributed by atoms with Crippen LogP contribution in [0.4, 0.5) is 26.3 Å². The fraction of sp³-hybridized carbons (Fsp3) is 0.913. The third kappa shape index (κ3) is 11.3. The van der Waals surface area contributed by atoms with E-state index in [9.17, 15) is 41.0 Å². The maximum absolute atomic E-state index is 12.7. The summed E-state index contributed by atoms with van der Waals surface area (Å²) >= 11 is 0. The molecule has 0 amide bonds. The van der Waals surface area contributed by atoms with Crippen LogP contribution in [-0.2, 0) is 19.1 Å². The predicted molar refractivity (Wildman–Crippen MR) is 116 cm³/mol. The Balaban J connectivity index is 0. The molecule has 0 heterocycles. The average molecular weight is 511 g/mol. The summed E-state index contributed by atoms with van der Waals surface area (Å²) in [5.41, 5.74) is -4.49. The summed E-state index contributed by atoms with van der Waals surface area (Å²) in [5, 5.41) is 9.53. The number of hydrogen-bond donors (Lipinski definition) is 1. The Kier molecular flexibility index (Phi) is 12.7. The van der Waals surface area contributed by atoms with Crippen LogP contribution in [0.2, 0.25) is 0 Å². The molecule has 3 unspecified atom stereocenters. The molecule has 34 heavy (non-hydrogen) atoms. The highest BCUT2D eigenvalue weighted by atomic mass is 19.4. The van der Waals surface area contributed by atoms with Crippen LogP contribution in [0.25, 0.3) is 0 Å². The van der Waals surface area contributed by atoms with E-state index in [0.717, 1.165) is 6.92 Å². The topological polar surface area (TPSA) is 72.8 Å². The monoisotopic (exact) mass is 510 g/mol. The van der Waals surface area contributed by atoms with Gasteiger partial charge >= 0.3 is 24.3 Å². The molecule has 0 fully saturated rings. The number of hydrogen-bond acceptors (Lipinski definition) is 5. The number of aliphatic hydroxyl groups is 1. The van der Waals surface area contributed by atoms with Crippen LogP contribution < -0.4 is 0 Å². The summed E-state index contributed by atoms with van der Waals surface area (Å²) < 4.78 is 83.7. The van der Waals surface area contributed by atoms with Gasteiger partial charge in [-0.15, -0.1) is 0 Å². The number of halogens is 6. The van der Waals surface area contributed by atoms with Crippen molar-refractivity contribution in [3.05, 3.63) is 0 Å². The van der Waals surface area contributed by atoms with Crippen molar-refractivity contribution in [2.45, 2.75) is 119 Å². The van der Waals surface area contributed by atoms with Crippen molar-refractivity contribution in [1.82, 2.24) is 0 Å². The standard InChI is InChI=1S/C14H25F3O3.C9H15F3O2/c1-7-12(4,5)11(18)20-10(9(2)3)8-13(6,19)14(15,16)17;1-5-8(3,4)7(13)14-6(2)9(10,11)12/h9-10,19H,7-8H2,1-6H3;6H,5H2,1-4H3. The summed E-state index contributed by atoms with van der Waals surface area (Å²) in [4.78, 5) is 23.2. The highest BCUT2D eigenvalue weighted by molar-refractivity contribution is 5.76. The zero-order chi connectivity index (χ0) is 27.9. The minimum absolute atomic E-state index is 0.319. The number of carbonyl (C=O) groups is 2. The minimum Gasteiger partial charge on any atom is -0.462 e. The van der Waals surface area contributed by atoms with Crippen LogP contribution in [0.5, 0.6) is 0 Å². The molecule has 11 heteroatoms. The first-order valence-electron chi connectivity index (χ1n) is 11.1. The van der Waals surface area contributed by atoms with Gasteiger partial charge in [0, 0.05) is 6.42 Å². The molecule has 0 aliphatic carbocycles. The molecular formula is C23H40F6O5. The van der Waals surface area contributed by atoms with Gasteiger partial charge in [-0.25, -0.2) is 0 Å². The van der Waals surface area contributed by atoms with Crippen molar-refractivity contribution in [2.75, 3.05) is 0 Å². The van der Waals surface area contributed by atoms with E-state index in [-0.39, 0.29) is 5.92 Å². The van der Waals surface area contributed by atoms with E-state index in [1.54, 1.807) is 55.4 Å². The van der Waals surface area contributed by atoms with E-state index < -0.39 is 59.4 Å². The van der Waals surface area contributed by atoms with E-state index in [1.807, 2.05) is 0 Å². The second-order valence-electron chi connectivity index (χ2n) is 10.2. The molecule has 0 aromatic carbocycles. The number of ether oxygens (including phenoxy) is 2. The van der Waals surface area contributed by atoms with Crippen LogP contribution in [0.1, 0.15) is 88.5 Å². The molecule has 1 N–H and O–H groups in total. The van der Waals surface area contributed by atoms with Crippen molar-refractivity contribution in [3.63, 3.8) is 0 Å². The lowest BCUT2D eigenvalue weighted by atomic mass is 9.89. The number of carbonyl (C=O) groups excluding carboxylic acids is 2. The molecule has 0 aliphatic rings. The van der Waals surface area contributed by atoms with E-state index in [1.165, 1.54) is 0 Å². The SMILES string of the molecule is CCC(C)(C)C(=O)OC(C)C(F)(F)F.CCC(C)(C)C(=O)OC(CC(C)(O)C(F)(F)F)C(C)C. The molecule has 0 saturated heterocycles. The fourth-order valence-electron chi connectivity index (χ4n) is 1.89. The average Bonchev–Trinajstić information content (AvgIpc) is 2.65. The first-order valence-corrected chi connectivity index (χ1v) is 11.1. The molecule has 0 aromatic rings. The van der Waals surface area contributed by atoms with Crippen LogP contribution >= 0.6 is 0 Å². The van der Waals surface area contributed by atoms with Gasteiger partial charge in [0.25, 0.3) is 0 Å². The largest absolute Gasteiger partial charge is 0.462 e. The highest BCUT2D eigenvalue weighted by Crippen LogP contribution is 2.36. The number of rotatable bonds is 9. The zero-order valence-electron chi connectivity index (χ0n) is 21.7. The van der Waals surface area contributed by atoms with Gasteiger partial charge in [-0.05, 0) is 60.3 Å². The lowest BCUT2D eigenvalue weighted by Gasteiger charge is -2.33. The molecule has 0 rings (SSSR count). The van der Waals surface area contributed by atoms with Gasteiger partial charge in [0.05, 0.1) is 10.8 Å². The van der Waals surface area contributed by atoms with Crippen molar-refractivity contribution in [3.8, 4) is 0 Å². The van der Waals surface area contributed by atoms with Gasteiger partial charge in [-0.2, -0.15) is 26.3 Å². The van der Waals surface area contributed by atoms with Gasteiger partial charge < -0.3 is 14.6 Å². The van der Waals surface area contributed by atoms with Crippen LogP contribution in [-0.4, -0.2) is 47.2 Å². The van der Waals surface area contributed by atoms with Crippen molar-refractivity contribution in [2.24, 2.45) is 16.7 Å². The molecule has 0 aromatic heterocycles. The zero-order valence-corrected chi connectivity index (χ0v) is 21.7. The lowest BCUT2D eigenvalue weighted by Crippen LogP contribution is -2.47. The molecule has 0 bridgehead atoms. The summed E-state index contributed by atoms with van der Waals surface area (Å²) in [7, 11) is 0. The van der Waals surface area contributed by atoms with Crippen molar-refractivity contribution < 1.29 is 50.5 Å². The third-order valence-corrected chi connectivity index (χ3v) is 5.83. The Labute approximate surface area is 198 Å². The fourth-order valence-corrected chi connectivity index (χ4v) is 1.89. The molecule has 3 atom stereocenters. The molecule has 0 saturated carbocycles. The second kappa shape index (κ2) is 12.4. The predicted octanol–water partition coefficient (Wildman–Crippen LogP) is 6.61. The van der Waals surface area contributed by atoms with Gasteiger partial charge in [0.2, 0.25) is 0 Å². The maximum atomic E-state index is 12.7. The van der Waals surface area contributed by atoms with Gasteiger partial charge in [-0.1, -0.05) is 27.7 Å². The highest BCUT2D eigenvalue weighted by Gasteiger charge is 2.52. The van der Waals surface area contributed by atoms with Gasteiger partial charge in [0.1, 0.15) is 6.10 Å². The molecule has 0 spiro atoms. The molecule has 204 valence electrons. The Hall–Kier alpha value is -1.52. The Morgan fingerprint density at radius 3 is 1.38 bits per heavy atom. The van der Waals surface area contributed by atoms with Crippen LogP contribution in [0.15, 0.2) is 0 Å². The summed E-state index contributed by atoms with van der Waals surface area (Å²) in [6, 6.07) is 0. The quantitative estimate of drug-likeness (QED) is 0.279. The normalized spacial score (nSPS) is 16.6. The summed E-state index contributed by atoms with van der Waals surface area (Å²) in [5.74, 6) is -1.68. The van der Waals surface area contributed by atoms with E-state index in [2.05, 4.69) is 4.74 Å². The Morgan fingerprint density at radius 1 is 0.765 bits per heavy atom. The van der Waals surface area contributed by atoms with Crippen molar-refractivity contribution >= 4 is 11.9 Å². The van der Waals surface area contributed by atoms with Crippen LogP contribution in [0.3, 0.4) is 0 Å². The maximum Gasteiger partial charge on any atom is 0.425 e. The first-order chi connectivity index (χ1) is 14.9. The Bertz CT molecular complexity index is 651. The van der Waals surface area contributed by atoms with Gasteiger partial charge in [0.15, 0.2) is 11.7 Å². The second-order valence-corrected chi connectivity index (χ2v) is 10.2. The van der Waals surface area contributed by atoms with E-state index in [0.29, 0.717) is 19.8 Å². The molecule has 0 radical (unpaired) electrons. The summed E-state index contributed by atoms with van der Waals surface area (Å²) in [6.45, 7) is 14.8. The molecule has 0 aliphatic heterocycles. The van der Waals surface area contributed by atoms with Crippen molar-refractivity contribution in [1.29, 1.82) is 0 Å².